The molecule has 2 rings (SSSR count). The van der Waals surface area contributed by atoms with Gasteiger partial charge in [0.2, 0.25) is 0 Å². The molecule has 0 amide bonds. The molecule has 0 atom stereocenters. The van der Waals surface area contributed by atoms with Gasteiger partial charge in [-0.25, -0.2) is 14.6 Å². The van der Waals surface area contributed by atoms with Crippen LogP contribution in [0.5, 0.6) is 0 Å². The maximum absolute atomic E-state index is 5.80. The highest BCUT2D eigenvalue weighted by Gasteiger charge is 2.16. The fraction of sp³-hybridized carbons (Fsp3) is 0.417. The van der Waals surface area contributed by atoms with Crippen LogP contribution in [0.3, 0.4) is 0 Å². The zero-order valence-corrected chi connectivity index (χ0v) is 10.2. The van der Waals surface area contributed by atoms with Crippen molar-refractivity contribution in [3.8, 4) is 5.95 Å². The quantitative estimate of drug-likeness (QED) is 0.859. The minimum atomic E-state index is 0.513. The fourth-order valence-electron chi connectivity index (χ4n) is 1.98. The average molecular weight is 231 g/mol. The molecule has 0 aliphatic heterocycles. The molecule has 0 aliphatic rings. The van der Waals surface area contributed by atoms with Crippen molar-refractivity contribution in [2.45, 2.75) is 33.2 Å². The van der Waals surface area contributed by atoms with Crippen molar-refractivity contribution in [1.29, 1.82) is 0 Å². The highest BCUT2D eigenvalue weighted by atomic mass is 15.4. The van der Waals surface area contributed by atoms with Gasteiger partial charge in [-0.2, -0.15) is 5.10 Å². The molecule has 90 valence electrons. The number of aryl methyl sites for hydroxylation is 1. The molecule has 0 fully saturated rings. The topological polar surface area (TPSA) is 69.6 Å². The van der Waals surface area contributed by atoms with E-state index >= 15 is 0 Å². The molecule has 2 N–H and O–H groups in total. The van der Waals surface area contributed by atoms with Gasteiger partial charge in [-0.15, -0.1) is 0 Å². The van der Waals surface area contributed by atoms with Crippen molar-refractivity contribution >= 4 is 0 Å². The first-order chi connectivity index (χ1) is 8.31. The smallest absolute Gasteiger partial charge is 0.250 e. The Balaban J connectivity index is 2.58. The molecule has 0 aromatic carbocycles. The summed E-state index contributed by atoms with van der Waals surface area (Å²) < 4.78 is 1.81. The second kappa shape index (κ2) is 5.05. The van der Waals surface area contributed by atoms with Crippen LogP contribution in [-0.4, -0.2) is 19.7 Å². The van der Waals surface area contributed by atoms with Crippen molar-refractivity contribution in [3.05, 3.63) is 35.4 Å². The Hall–Kier alpha value is -1.75. The van der Waals surface area contributed by atoms with Crippen LogP contribution in [0.4, 0.5) is 0 Å². The summed E-state index contributed by atoms with van der Waals surface area (Å²) in [5.74, 6) is 0.610. The lowest BCUT2D eigenvalue weighted by Crippen LogP contribution is -2.07. The molecule has 2 aromatic rings. The number of nitrogens with two attached hydrogens (primary N) is 1. The molecular weight excluding hydrogens is 214 g/mol. The van der Waals surface area contributed by atoms with Crippen molar-refractivity contribution in [1.82, 2.24) is 19.7 Å². The number of hydrogen-bond acceptors (Lipinski definition) is 4. The molecule has 5 nitrogen and oxygen atoms in total. The van der Waals surface area contributed by atoms with Crippen LogP contribution < -0.4 is 5.73 Å². The van der Waals surface area contributed by atoms with E-state index in [1.807, 2.05) is 0 Å². The van der Waals surface area contributed by atoms with E-state index in [2.05, 4.69) is 28.9 Å². The average Bonchev–Trinajstić information content (AvgIpc) is 2.77. The number of nitrogens with zero attached hydrogens (tertiary/aromatic N) is 4. The first-order valence-corrected chi connectivity index (χ1v) is 5.88. The van der Waals surface area contributed by atoms with E-state index in [4.69, 9.17) is 5.73 Å². The van der Waals surface area contributed by atoms with Gasteiger partial charge in [0, 0.05) is 24.5 Å². The number of aromatic nitrogens is 4. The van der Waals surface area contributed by atoms with Gasteiger partial charge in [-0.3, -0.25) is 0 Å². The third-order valence-corrected chi connectivity index (χ3v) is 2.79. The predicted octanol–water partition coefficient (Wildman–Crippen LogP) is 1.25. The van der Waals surface area contributed by atoms with Crippen LogP contribution in [0.2, 0.25) is 0 Å². The van der Waals surface area contributed by atoms with E-state index in [0.717, 1.165) is 29.8 Å². The SMILES string of the molecule is CCc1nn(-c2ncccn2)c(CC)c1CN. The molecule has 17 heavy (non-hydrogen) atoms. The molecule has 0 radical (unpaired) electrons. The summed E-state index contributed by atoms with van der Waals surface area (Å²) in [6.45, 7) is 4.69. The van der Waals surface area contributed by atoms with Crippen LogP contribution >= 0.6 is 0 Å². The normalized spacial score (nSPS) is 10.8. The van der Waals surface area contributed by atoms with Crippen LogP contribution in [0.15, 0.2) is 18.5 Å². The van der Waals surface area contributed by atoms with Gasteiger partial charge >= 0.3 is 0 Å². The van der Waals surface area contributed by atoms with Gasteiger partial charge in [0.15, 0.2) is 0 Å². The standard InChI is InChI=1S/C12H17N5/c1-3-10-9(8-13)11(4-2)17(16-10)12-14-6-5-7-15-12/h5-7H,3-4,8,13H2,1-2H3. The van der Waals surface area contributed by atoms with E-state index in [0.29, 0.717) is 12.5 Å². The zero-order chi connectivity index (χ0) is 12.3. The third-order valence-electron chi connectivity index (χ3n) is 2.79. The predicted molar refractivity (Wildman–Crippen MR) is 65.8 cm³/mol. The molecule has 2 aromatic heterocycles. The Morgan fingerprint density at radius 1 is 1.18 bits per heavy atom. The van der Waals surface area contributed by atoms with E-state index in [9.17, 15) is 0 Å². The molecule has 0 saturated carbocycles. The fourth-order valence-corrected chi connectivity index (χ4v) is 1.98. The summed E-state index contributed by atoms with van der Waals surface area (Å²) in [6, 6.07) is 1.79. The number of hydrogen-bond donors (Lipinski definition) is 1. The first-order valence-electron chi connectivity index (χ1n) is 5.88. The molecule has 2 heterocycles. The highest BCUT2D eigenvalue weighted by molar-refractivity contribution is 5.31. The molecule has 0 bridgehead atoms. The Labute approximate surface area is 101 Å². The summed E-state index contributed by atoms with van der Waals surface area (Å²) in [5, 5.41) is 4.55. The molecule has 0 saturated heterocycles. The second-order valence-corrected chi connectivity index (χ2v) is 3.74. The van der Waals surface area contributed by atoms with Crippen molar-refractivity contribution in [2.75, 3.05) is 0 Å². The Kier molecular flexibility index (Phi) is 3.49. The summed E-state index contributed by atoms with van der Waals surface area (Å²) in [7, 11) is 0. The monoisotopic (exact) mass is 231 g/mol. The van der Waals surface area contributed by atoms with E-state index in [1.54, 1.807) is 23.1 Å². The van der Waals surface area contributed by atoms with Crippen LogP contribution in [0.25, 0.3) is 5.95 Å². The van der Waals surface area contributed by atoms with E-state index < -0.39 is 0 Å². The maximum atomic E-state index is 5.80. The van der Waals surface area contributed by atoms with E-state index in [1.165, 1.54) is 0 Å². The summed E-state index contributed by atoms with van der Waals surface area (Å²) in [6.07, 6.45) is 5.19. The third kappa shape index (κ3) is 2.06. The minimum Gasteiger partial charge on any atom is -0.326 e. The molecular formula is C12H17N5. The Morgan fingerprint density at radius 2 is 1.88 bits per heavy atom. The summed E-state index contributed by atoms with van der Waals surface area (Å²) in [5.41, 5.74) is 9.07. The highest BCUT2D eigenvalue weighted by Crippen LogP contribution is 2.17. The van der Waals surface area contributed by atoms with Crippen LogP contribution in [0, 0.1) is 0 Å². The largest absolute Gasteiger partial charge is 0.326 e. The van der Waals surface area contributed by atoms with Crippen molar-refractivity contribution in [3.63, 3.8) is 0 Å². The van der Waals surface area contributed by atoms with Gasteiger partial charge in [0.1, 0.15) is 0 Å². The Bertz CT molecular complexity index is 489. The van der Waals surface area contributed by atoms with Crippen molar-refractivity contribution in [2.24, 2.45) is 5.73 Å². The van der Waals surface area contributed by atoms with Gasteiger partial charge < -0.3 is 5.73 Å². The van der Waals surface area contributed by atoms with Crippen LogP contribution in [-0.2, 0) is 19.4 Å². The van der Waals surface area contributed by atoms with Gasteiger partial charge in [0.05, 0.1) is 11.4 Å². The first kappa shape index (κ1) is 11.7. The summed E-state index contributed by atoms with van der Waals surface area (Å²) >= 11 is 0. The molecule has 5 heteroatoms. The molecule has 0 unspecified atom stereocenters. The van der Waals surface area contributed by atoms with Gasteiger partial charge in [-0.05, 0) is 18.9 Å². The number of rotatable bonds is 4. The minimum absolute atomic E-state index is 0.513. The maximum Gasteiger partial charge on any atom is 0.250 e. The second-order valence-electron chi connectivity index (χ2n) is 3.74. The lowest BCUT2D eigenvalue weighted by atomic mass is 10.1. The molecule has 0 aliphatic carbocycles. The van der Waals surface area contributed by atoms with E-state index in [-0.39, 0.29) is 0 Å². The summed E-state index contributed by atoms with van der Waals surface area (Å²) in [4.78, 5) is 8.46. The lowest BCUT2D eigenvalue weighted by Gasteiger charge is -2.04. The van der Waals surface area contributed by atoms with Crippen LogP contribution in [0.1, 0.15) is 30.8 Å². The zero-order valence-electron chi connectivity index (χ0n) is 10.2. The van der Waals surface area contributed by atoms with Gasteiger partial charge in [-0.1, -0.05) is 13.8 Å². The molecule has 0 spiro atoms. The van der Waals surface area contributed by atoms with Gasteiger partial charge in [0.25, 0.3) is 5.95 Å². The lowest BCUT2D eigenvalue weighted by molar-refractivity contribution is 0.744. The van der Waals surface area contributed by atoms with Crippen molar-refractivity contribution < 1.29 is 0 Å². The Morgan fingerprint density at radius 3 is 2.41 bits per heavy atom.